The third-order valence-electron chi connectivity index (χ3n) is 9.71. The van der Waals surface area contributed by atoms with E-state index in [4.69, 9.17) is 30.2 Å². The van der Waals surface area contributed by atoms with E-state index in [1.165, 1.54) is 32.8 Å². The van der Waals surface area contributed by atoms with Gasteiger partial charge in [0.05, 0.1) is 25.8 Å². The van der Waals surface area contributed by atoms with Crippen molar-refractivity contribution in [1.29, 1.82) is 0 Å². The summed E-state index contributed by atoms with van der Waals surface area (Å²) in [5, 5.41) is 4.33. The van der Waals surface area contributed by atoms with Crippen LogP contribution in [0.4, 0.5) is 10.2 Å². The largest absolute Gasteiger partial charge is 0.497 e. The molecule has 0 saturated heterocycles. The highest BCUT2D eigenvalue weighted by atomic mass is 35.5. The number of rotatable bonds is 12. The van der Waals surface area contributed by atoms with Crippen LogP contribution in [0.1, 0.15) is 57.2 Å². The maximum atomic E-state index is 16.2. The molecular weight excluding hydrogens is 701 g/mol. The Kier molecular flexibility index (Phi) is 11.2. The Balaban J connectivity index is 1.48. The van der Waals surface area contributed by atoms with Crippen molar-refractivity contribution in [3.63, 3.8) is 0 Å². The molecule has 0 amide bonds. The Morgan fingerprint density at radius 3 is 2.42 bits per heavy atom. The number of hydrogen-bond acceptors (Lipinski definition) is 9. The molecule has 0 spiro atoms. The van der Waals surface area contributed by atoms with Gasteiger partial charge in [0.25, 0.3) is 10.0 Å². The van der Waals surface area contributed by atoms with Crippen LogP contribution in [0.2, 0.25) is 23.2 Å². The van der Waals surface area contributed by atoms with Gasteiger partial charge in [0.1, 0.15) is 46.2 Å². The average Bonchev–Trinajstić information content (AvgIpc) is 3.50. The molecule has 0 aliphatic heterocycles. The van der Waals surface area contributed by atoms with Crippen molar-refractivity contribution in [2.45, 2.75) is 87.7 Å². The molecule has 0 N–H and O–H groups in total. The number of ether oxygens (including phenoxy) is 3. The lowest BCUT2D eigenvalue weighted by Crippen LogP contribution is -2.47. The predicted octanol–water partition coefficient (Wildman–Crippen LogP) is 7.52. The molecule has 3 atom stereocenters. The van der Waals surface area contributed by atoms with Crippen LogP contribution in [0.5, 0.6) is 17.2 Å². The fourth-order valence-electron chi connectivity index (χ4n) is 5.95. The highest BCUT2D eigenvalue weighted by Gasteiger charge is 2.43. The summed E-state index contributed by atoms with van der Waals surface area (Å²) in [5.41, 5.74) is 1.47. The molecule has 5 rings (SSSR count). The zero-order valence-corrected chi connectivity index (χ0v) is 32.3. The van der Waals surface area contributed by atoms with E-state index in [0.717, 1.165) is 35.0 Å². The minimum atomic E-state index is -4.58. The zero-order valence-electron chi connectivity index (χ0n) is 29.7. The Hall–Kier alpha value is -3.72. The van der Waals surface area contributed by atoms with Crippen LogP contribution in [0.25, 0.3) is 0 Å². The molecule has 270 valence electrons. The Bertz CT molecular complexity index is 1910. The van der Waals surface area contributed by atoms with Gasteiger partial charge in [0, 0.05) is 67.3 Å². The monoisotopic (exact) mass is 745 g/mol. The van der Waals surface area contributed by atoms with E-state index >= 15 is 4.39 Å². The van der Waals surface area contributed by atoms with Crippen LogP contribution in [-0.4, -0.2) is 62.9 Å². The van der Waals surface area contributed by atoms with Gasteiger partial charge in [-0.1, -0.05) is 32.4 Å². The van der Waals surface area contributed by atoms with Gasteiger partial charge in [0.2, 0.25) is 0 Å². The van der Waals surface area contributed by atoms with E-state index in [1.54, 1.807) is 24.4 Å². The summed E-state index contributed by atoms with van der Waals surface area (Å²) >= 11 is 6.75. The number of benzene rings is 2. The van der Waals surface area contributed by atoms with Gasteiger partial charge in [-0.25, -0.2) is 27.1 Å². The van der Waals surface area contributed by atoms with Gasteiger partial charge in [-0.15, -0.1) is 0 Å². The van der Waals surface area contributed by atoms with Crippen LogP contribution in [0.15, 0.2) is 66.1 Å². The molecule has 4 aromatic rings. The van der Waals surface area contributed by atoms with Gasteiger partial charge in [-0.05, 0) is 55.2 Å². The molecule has 1 saturated carbocycles. The Morgan fingerprint density at radius 1 is 1.04 bits per heavy atom. The molecule has 1 fully saturated rings. The third-order valence-corrected chi connectivity index (χ3v) is 16.3. The Labute approximate surface area is 299 Å². The number of sulfonamides is 1. The first kappa shape index (κ1) is 37.5. The van der Waals surface area contributed by atoms with Crippen molar-refractivity contribution in [2.24, 2.45) is 7.05 Å². The van der Waals surface area contributed by atoms with Crippen molar-refractivity contribution < 1.29 is 31.4 Å². The highest BCUT2D eigenvalue weighted by Crippen LogP contribution is 2.43. The summed E-state index contributed by atoms with van der Waals surface area (Å²) in [7, 11) is -1.81. The average molecular weight is 746 g/mol. The van der Waals surface area contributed by atoms with E-state index in [2.05, 4.69) is 48.9 Å². The second-order valence-corrected chi connectivity index (χ2v) is 20.9. The summed E-state index contributed by atoms with van der Waals surface area (Å²) < 4.78 is 71.6. The first-order valence-corrected chi connectivity index (χ1v) is 21.1. The first-order chi connectivity index (χ1) is 23.6. The predicted molar refractivity (Wildman–Crippen MR) is 193 cm³/mol. The Morgan fingerprint density at radius 2 is 1.80 bits per heavy atom. The summed E-state index contributed by atoms with van der Waals surface area (Å²) in [6, 6.07) is 10.5. The minimum absolute atomic E-state index is 0.0220. The molecule has 0 unspecified atom stereocenters. The number of hydrogen-bond donors (Lipinski definition) is 0. The molecule has 0 bridgehead atoms. The molecular formula is C35H45ClFN5O6SSi. The topological polar surface area (TPSA) is 118 Å². The standard InChI is InChI=1S/C35H45ClFN5O6SSi/c1-35(2,3)50(7,8)48-25-11-12-26(29-13-16-40-41(29)4)31(18-25)47-32-20-28(37)33(19-27(32)36)49(43,44)42(34-14-15-38-22-39-34)21-23-9-10-24(45-5)17-30(23)46-6/h9-10,13-17,19-20,22,25-26,31H,11-12,18,21H2,1-8H3/t25-,26-,31+/m1/s1. The lowest BCUT2D eigenvalue weighted by Gasteiger charge is -2.43. The highest BCUT2D eigenvalue weighted by molar-refractivity contribution is 7.92. The quantitative estimate of drug-likeness (QED) is 0.136. The molecule has 11 nitrogen and oxygen atoms in total. The van der Waals surface area contributed by atoms with Gasteiger partial charge in [0.15, 0.2) is 8.32 Å². The zero-order chi connectivity index (χ0) is 36.4. The summed E-state index contributed by atoms with van der Waals surface area (Å²) in [4.78, 5) is 7.45. The molecule has 0 radical (unpaired) electrons. The summed E-state index contributed by atoms with van der Waals surface area (Å²) in [6.45, 7) is 10.8. The maximum Gasteiger partial charge on any atom is 0.268 e. The number of anilines is 1. The van der Waals surface area contributed by atoms with Gasteiger partial charge in [-0.3, -0.25) is 4.68 Å². The van der Waals surface area contributed by atoms with Crippen molar-refractivity contribution in [3.05, 3.63) is 83.3 Å². The van der Waals surface area contributed by atoms with Crippen molar-refractivity contribution in [2.75, 3.05) is 18.5 Å². The molecule has 1 aliphatic carbocycles. The molecule has 2 aromatic heterocycles. The summed E-state index contributed by atoms with van der Waals surface area (Å²) in [6.07, 6.45) is 6.00. The fraction of sp³-hybridized carbons (Fsp3) is 0.457. The number of aryl methyl sites for hydroxylation is 1. The second-order valence-electron chi connectivity index (χ2n) is 13.9. The van der Waals surface area contributed by atoms with Crippen molar-refractivity contribution in [1.82, 2.24) is 19.7 Å². The normalized spacial score (nSPS) is 18.5. The number of halogens is 2. The first-order valence-electron chi connectivity index (χ1n) is 16.4. The van der Waals surface area contributed by atoms with Crippen molar-refractivity contribution >= 4 is 35.8 Å². The maximum absolute atomic E-state index is 16.2. The van der Waals surface area contributed by atoms with E-state index in [0.29, 0.717) is 23.5 Å². The molecule has 50 heavy (non-hydrogen) atoms. The van der Waals surface area contributed by atoms with Crippen molar-refractivity contribution in [3.8, 4) is 17.2 Å². The number of nitrogens with zero attached hydrogens (tertiary/aromatic N) is 5. The molecule has 15 heteroatoms. The molecule has 2 heterocycles. The summed E-state index contributed by atoms with van der Waals surface area (Å²) in [5.74, 6) is -0.116. The van der Waals surface area contributed by atoms with Gasteiger partial charge < -0.3 is 18.6 Å². The smallest absolute Gasteiger partial charge is 0.268 e. The SMILES string of the molecule is COc1ccc(CN(c2ccncn2)S(=O)(=O)c2cc(Cl)c(O[C@H]3C[C@H](O[Si](C)(C)C(C)(C)C)CC[C@@H]3c3ccnn3C)cc2F)c(OC)c1. The van der Waals surface area contributed by atoms with Gasteiger partial charge in [-0.2, -0.15) is 5.10 Å². The lowest BCUT2D eigenvalue weighted by molar-refractivity contribution is 0.0429. The van der Waals surface area contributed by atoms with Crippen LogP contribution in [0.3, 0.4) is 0 Å². The number of aromatic nitrogens is 4. The fourth-order valence-corrected chi connectivity index (χ4v) is 9.09. The lowest BCUT2D eigenvalue weighted by atomic mass is 9.82. The van der Waals surface area contributed by atoms with E-state index in [1.807, 2.05) is 17.8 Å². The second kappa shape index (κ2) is 14.9. The van der Waals surface area contributed by atoms with E-state index in [9.17, 15) is 8.42 Å². The van der Waals surface area contributed by atoms with Crippen LogP contribution in [0, 0.1) is 5.82 Å². The molecule has 2 aromatic carbocycles. The van der Waals surface area contributed by atoms with E-state index in [-0.39, 0.29) is 40.2 Å². The van der Waals surface area contributed by atoms with E-state index < -0.39 is 35.2 Å². The number of methoxy groups -OCH3 is 2. The van der Waals surface area contributed by atoms with Gasteiger partial charge >= 0.3 is 0 Å². The van der Waals surface area contributed by atoms with Crippen LogP contribution in [-0.2, 0) is 28.0 Å². The minimum Gasteiger partial charge on any atom is -0.497 e. The van der Waals surface area contributed by atoms with Crippen LogP contribution >= 0.6 is 11.6 Å². The molecule has 1 aliphatic rings. The van der Waals surface area contributed by atoms with Crippen LogP contribution < -0.4 is 18.5 Å². The third kappa shape index (κ3) is 7.93.